The van der Waals surface area contributed by atoms with Crippen molar-refractivity contribution in [2.75, 3.05) is 5.32 Å². The van der Waals surface area contributed by atoms with Crippen LogP contribution < -0.4 is 10.0 Å². The van der Waals surface area contributed by atoms with Crippen LogP contribution in [0, 0.1) is 5.92 Å². The zero-order chi connectivity index (χ0) is 18.4. The van der Waals surface area contributed by atoms with Gasteiger partial charge in [0.15, 0.2) is 0 Å². The van der Waals surface area contributed by atoms with Crippen LogP contribution in [0.25, 0.3) is 0 Å². The molecule has 0 unspecified atom stereocenters. The first-order valence-corrected chi connectivity index (χ1v) is 10.3. The van der Waals surface area contributed by atoms with Crippen molar-refractivity contribution in [1.82, 2.24) is 14.9 Å². The molecule has 1 aromatic heterocycles. The molecular formula is C16H22N4O3S2. The number of carbonyl (C=O) groups is 1. The highest BCUT2D eigenvalue weighted by molar-refractivity contribution is 7.91. The fourth-order valence-electron chi connectivity index (χ4n) is 2.22. The molecule has 0 aliphatic rings. The van der Waals surface area contributed by atoms with E-state index in [1.165, 1.54) is 0 Å². The largest absolute Gasteiger partial charge is 0.301 e. The molecule has 0 aliphatic carbocycles. The van der Waals surface area contributed by atoms with Crippen LogP contribution in [0.4, 0.5) is 5.13 Å². The van der Waals surface area contributed by atoms with Gasteiger partial charge in [0.25, 0.3) is 10.0 Å². The maximum atomic E-state index is 12.7. The van der Waals surface area contributed by atoms with Gasteiger partial charge >= 0.3 is 0 Å². The minimum absolute atomic E-state index is 0.163. The molecule has 7 nitrogen and oxygen atoms in total. The van der Waals surface area contributed by atoms with Crippen molar-refractivity contribution < 1.29 is 13.2 Å². The molecule has 2 aromatic rings. The van der Waals surface area contributed by atoms with Gasteiger partial charge in [0, 0.05) is 12.5 Å². The lowest BCUT2D eigenvalue weighted by molar-refractivity contribution is -0.115. The van der Waals surface area contributed by atoms with E-state index in [0.717, 1.165) is 16.9 Å². The van der Waals surface area contributed by atoms with Gasteiger partial charge < -0.3 is 5.32 Å². The van der Waals surface area contributed by atoms with Gasteiger partial charge in [-0.25, -0.2) is 13.1 Å². The standard InChI is InChI=1S/C16H22N4O3S2/c1-4-14(21)17-15-18-19-16(24-15)25(22,23)20-13(10-11(2)3)12-8-6-5-7-9-12/h5-9,11,13,20H,4,10H2,1-3H3,(H,17,18,21)/t13-/m1/s1. The average molecular weight is 383 g/mol. The fraction of sp³-hybridized carbons (Fsp3) is 0.438. The van der Waals surface area contributed by atoms with Crippen molar-refractivity contribution in [3.63, 3.8) is 0 Å². The van der Waals surface area contributed by atoms with Gasteiger partial charge in [-0.2, -0.15) is 0 Å². The summed E-state index contributed by atoms with van der Waals surface area (Å²) in [6, 6.07) is 9.06. The Bertz CT molecular complexity index is 804. The topological polar surface area (TPSA) is 101 Å². The highest BCUT2D eigenvalue weighted by Gasteiger charge is 2.26. The Morgan fingerprint density at radius 3 is 2.48 bits per heavy atom. The molecule has 2 rings (SSSR count). The molecule has 0 saturated heterocycles. The minimum atomic E-state index is -3.83. The lowest BCUT2D eigenvalue weighted by atomic mass is 9.98. The molecule has 0 bridgehead atoms. The molecule has 0 saturated carbocycles. The van der Waals surface area contributed by atoms with E-state index in [9.17, 15) is 13.2 Å². The molecule has 0 fully saturated rings. The fourth-order valence-corrected chi connectivity index (χ4v) is 4.39. The number of hydrogen-bond donors (Lipinski definition) is 2. The first-order chi connectivity index (χ1) is 11.8. The van der Waals surface area contributed by atoms with E-state index in [1.54, 1.807) is 6.92 Å². The number of benzene rings is 1. The van der Waals surface area contributed by atoms with Crippen LogP contribution in [0.15, 0.2) is 34.7 Å². The molecule has 0 spiro atoms. The Morgan fingerprint density at radius 1 is 1.20 bits per heavy atom. The molecule has 0 aliphatic heterocycles. The first kappa shape index (κ1) is 19.5. The predicted molar refractivity (Wildman–Crippen MR) is 97.8 cm³/mol. The Kier molecular flexibility index (Phi) is 6.63. The van der Waals surface area contributed by atoms with E-state index in [2.05, 4.69) is 20.2 Å². The van der Waals surface area contributed by atoms with E-state index in [-0.39, 0.29) is 27.8 Å². The van der Waals surface area contributed by atoms with Crippen molar-refractivity contribution in [3.05, 3.63) is 35.9 Å². The van der Waals surface area contributed by atoms with E-state index in [1.807, 2.05) is 44.2 Å². The summed E-state index contributed by atoms with van der Waals surface area (Å²) in [6.45, 7) is 5.77. The SMILES string of the molecule is CCC(=O)Nc1nnc(S(=O)(=O)N[C@H](CC(C)C)c2ccccc2)s1. The van der Waals surface area contributed by atoms with Crippen LogP contribution in [0.3, 0.4) is 0 Å². The van der Waals surface area contributed by atoms with E-state index >= 15 is 0 Å². The van der Waals surface area contributed by atoms with Crippen molar-refractivity contribution in [1.29, 1.82) is 0 Å². The van der Waals surface area contributed by atoms with Crippen molar-refractivity contribution in [3.8, 4) is 0 Å². The zero-order valence-electron chi connectivity index (χ0n) is 14.4. The summed E-state index contributed by atoms with van der Waals surface area (Å²) in [5, 5.41) is 10.1. The second-order valence-electron chi connectivity index (χ2n) is 5.99. The van der Waals surface area contributed by atoms with Crippen molar-refractivity contribution in [2.45, 2.75) is 44.0 Å². The number of hydrogen-bond acceptors (Lipinski definition) is 6. The molecular weight excluding hydrogens is 360 g/mol. The lowest BCUT2D eigenvalue weighted by Gasteiger charge is -2.20. The van der Waals surface area contributed by atoms with Gasteiger partial charge in [-0.15, -0.1) is 10.2 Å². The quantitative estimate of drug-likeness (QED) is 0.684. The highest BCUT2D eigenvalue weighted by atomic mass is 32.2. The third kappa shape index (κ3) is 5.58. The van der Waals surface area contributed by atoms with Crippen LogP contribution in [0.2, 0.25) is 0 Å². The molecule has 1 aromatic carbocycles. The molecule has 1 atom stereocenters. The van der Waals surface area contributed by atoms with Crippen LogP contribution in [-0.4, -0.2) is 24.5 Å². The Morgan fingerprint density at radius 2 is 1.88 bits per heavy atom. The average Bonchev–Trinajstić information content (AvgIpc) is 3.03. The number of carbonyl (C=O) groups excluding carboxylic acids is 1. The molecule has 25 heavy (non-hydrogen) atoms. The molecule has 2 N–H and O–H groups in total. The summed E-state index contributed by atoms with van der Waals surface area (Å²) in [7, 11) is -3.83. The number of amides is 1. The third-order valence-corrected chi connectivity index (χ3v) is 6.09. The normalized spacial score (nSPS) is 13.0. The Hall–Kier alpha value is -1.84. The Labute approximate surface area is 151 Å². The summed E-state index contributed by atoms with van der Waals surface area (Å²) in [4.78, 5) is 11.4. The number of aromatic nitrogens is 2. The molecule has 1 amide bonds. The molecule has 136 valence electrons. The second-order valence-corrected chi connectivity index (χ2v) is 8.85. The molecule has 1 heterocycles. The molecule has 0 radical (unpaired) electrons. The van der Waals surface area contributed by atoms with Gasteiger partial charge in [-0.3, -0.25) is 4.79 Å². The maximum Gasteiger partial charge on any atom is 0.270 e. The first-order valence-electron chi connectivity index (χ1n) is 8.02. The monoisotopic (exact) mass is 382 g/mol. The van der Waals surface area contributed by atoms with Crippen molar-refractivity contribution in [2.24, 2.45) is 5.92 Å². The number of anilines is 1. The van der Waals surface area contributed by atoms with E-state index in [0.29, 0.717) is 12.3 Å². The number of nitrogens with zero attached hydrogens (tertiary/aromatic N) is 2. The zero-order valence-corrected chi connectivity index (χ0v) is 16.0. The van der Waals surface area contributed by atoms with Gasteiger partial charge in [0.2, 0.25) is 15.4 Å². The van der Waals surface area contributed by atoms with Gasteiger partial charge in [-0.05, 0) is 17.9 Å². The van der Waals surface area contributed by atoms with Crippen LogP contribution in [-0.2, 0) is 14.8 Å². The maximum absolute atomic E-state index is 12.7. The number of nitrogens with one attached hydrogen (secondary N) is 2. The summed E-state index contributed by atoms with van der Waals surface area (Å²) >= 11 is 0.835. The van der Waals surface area contributed by atoms with Crippen LogP contribution in [0.1, 0.15) is 45.2 Å². The number of rotatable bonds is 8. The van der Waals surface area contributed by atoms with Gasteiger partial charge in [0.05, 0.1) is 0 Å². The van der Waals surface area contributed by atoms with E-state index in [4.69, 9.17) is 0 Å². The highest BCUT2D eigenvalue weighted by Crippen LogP contribution is 2.26. The van der Waals surface area contributed by atoms with Gasteiger partial charge in [-0.1, -0.05) is 62.4 Å². The van der Waals surface area contributed by atoms with Crippen LogP contribution in [0.5, 0.6) is 0 Å². The summed E-state index contributed by atoms with van der Waals surface area (Å²) in [5.74, 6) is 0.0664. The summed E-state index contributed by atoms with van der Waals surface area (Å²) < 4.78 is 27.8. The van der Waals surface area contributed by atoms with E-state index < -0.39 is 10.0 Å². The third-order valence-electron chi connectivity index (χ3n) is 3.41. The number of sulfonamides is 1. The van der Waals surface area contributed by atoms with Gasteiger partial charge in [0.1, 0.15) is 0 Å². The summed E-state index contributed by atoms with van der Waals surface area (Å²) in [5.41, 5.74) is 0.892. The smallest absolute Gasteiger partial charge is 0.270 e. The minimum Gasteiger partial charge on any atom is -0.301 e. The van der Waals surface area contributed by atoms with Crippen LogP contribution >= 0.6 is 11.3 Å². The summed E-state index contributed by atoms with van der Waals surface area (Å²) in [6.07, 6.45) is 0.936. The molecule has 9 heteroatoms. The lowest BCUT2D eigenvalue weighted by Crippen LogP contribution is -2.29. The second kappa shape index (κ2) is 8.50. The predicted octanol–water partition coefficient (Wildman–Crippen LogP) is 2.95. The van der Waals surface area contributed by atoms with Crippen molar-refractivity contribution >= 4 is 32.4 Å². The Balaban J connectivity index is 2.21.